The van der Waals surface area contributed by atoms with Crippen LogP contribution in [0.4, 0.5) is 0 Å². The Morgan fingerprint density at radius 1 is 1.24 bits per heavy atom. The van der Waals surface area contributed by atoms with Crippen molar-refractivity contribution in [3.63, 3.8) is 0 Å². The van der Waals surface area contributed by atoms with Gasteiger partial charge in [-0.2, -0.15) is 0 Å². The third-order valence-electron chi connectivity index (χ3n) is 3.86. The number of halogens is 1. The topological polar surface area (TPSA) is 44.5 Å². The maximum atomic E-state index is 6.05. The van der Waals surface area contributed by atoms with Crippen LogP contribution >= 0.6 is 15.9 Å². The van der Waals surface area contributed by atoms with E-state index in [9.17, 15) is 0 Å². The molecule has 0 saturated heterocycles. The van der Waals surface area contributed by atoms with Crippen LogP contribution in [0.2, 0.25) is 0 Å². The van der Waals surface area contributed by atoms with Crippen LogP contribution in [0.3, 0.4) is 0 Å². The number of aryl methyl sites for hydroxylation is 1. The van der Waals surface area contributed by atoms with E-state index in [0.29, 0.717) is 6.61 Å². The molecule has 0 bridgehead atoms. The van der Waals surface area contributed by atoms with Crippen molar-refractivity contribution in [2.24, 2.45) is 5.73 Å². The molecule has 0 heterocycles. The quantitative estimate of drug-likeness (QED) is 0.909. The van der Waals surface area contributed by atoms with E-state index in [-0.39, 0.29) is 6.04 Å². The average Bonchev–Trinajstić information content (AvgIpc) is 2.86. The van der Waals surface area contributed by atoms with Gasteiger partial charge < -0.3 is 15.2 Å². The first kappa shape index (κ1) is 14.4. The molecule has 0 amide bonds. The van der Waals surface area contributed by atoms with Crippen LogP contribution in [0.25, 0.3) is 0 Å². The summed E-state index contributed by atoms with van der Waals surface area (Å²) in [5, 5.41) is 0. The van der Waals surface area contributed by atoms with E-state index in [0.717, 1.165) is 34.4 Å². The molecule has 0 aromatic heterocycles. The minimum absolute atomic E-state index is 0.187. The van der Waals surface area contributed by atoms with Crippen molar-refractivity contribution < 1.29 is 9.47 Å². The fourth-order valence-electron chi connectivity index (χ4n) is 2.68. The molecule has 3 rings (SSSR count). The largest absolute Gasteiger partial charge is 0.496 e. The minimum Gasteiger partial charge on any atom is -0.496 e. The molecule has 0 radical (unpaired) electrons. The van der Waals surface area contributed by atoms with Crippen LogP contribution < -0.4 is 15.2 Å². The number of nitrogens with two attached hydrogens (primary N) is 1. The molecular weight excluding hydrogens is 330 g/mol. The fourth-order valence-corrected chi connectivity index (χ4v) is 3.27. The van der Waals surface area contributed by atoms with Crippen LogP contribution in [-0.2, 0) is 13.0 Å². The molecule has 0 spiro atoms. The van der Waals surface area contributed by atoms with E-state index in [1.165, 1.54) is 11.1 Å². The summed E-state index contributed by atoms with van der Waals surface area (Å²) in [5.41, 5.74) is 9.72. The molecule has 2 aromatic carbocycles. The van der Waals surface area contributed by atoms with Gasteiger partial charge in [-0.15, -0.1) is 0 Å². The molecule has 2 N–H and O–H groups in total. The van der Waals surface area contributed by atoms with Gasteiger partial charge in [0, 0.05) is 6.04 Å². The first-order valence-electron chi connectivity index (χ1n) is 7.01. The summed E-state index contributed by atoms with van der Waals surface area (Å²) in [6, 6.07) is 12.3. The van der Waals surface area contributed by atoms with Crippen LogP contribution in [0.1, 0.15) is 29.2 Å². The summed E-state index contributed by atoms with van der Waals surface area (Å²) in [6.07, 6.45) is 2.08. The summed E-state index contributed by atoms with van der Waals surface area (Å²) in [4.78, 5) is 0. The van der Waals surface area contributed by atoms with Gasteiger partial charge in [0.25, 0.3) is 0 Å². The molecule has 0 unspecified atom stereocenters. The molecule has 4 heteroatoms. The number of ether oxygens (including phenoxy) is 2. The van der Waals surface area contributed by atoms with Gasteiger partial charge in [-0.1, -0.05) is 12.1 Å². The minimum atomic E-state index is 0.187. The monoisotopic (exact) mass is 347 g/mol. The van der Waals surface area contributed by atoms with Crippen LogP contribution in [0, 0.1) is 0 Å². The van der Waals surface area contributed by atoms with E-state index in [1.807, 2.05) is 24.3 Å². The summed E-state index contributed by atoms with van der Waals surface area (Å²) in [7, 11) is 1.66. The van der Waals surface area contributed by atoms with Crippen molar-refractivity contribution >= 4 is 15.9 Å². The van der Waals surface area contributed by atoms with Crippen LogP contribution in [-0.4, -0.2) is 7.11 Å². The normalized spacial score (nSPS) is 16.6. The molecule has 2 aromatic rings. The van der Waals surface area contributed by atoms with E-state index < -0.39 is 0 Å². The lowest BCUT2D eigenvalue weighted by Gasteiger charge is -2.10. The Kier molecular flexibility index (Phi) is 4.17. The zero-order valence-corrected chi connectivity index (χ0v) is 13.5. The highest BCUT2D eigenvalue weighted by atomic mass is 79.9. The van der Waals surface area contributed by atoms with Gasteiger partial charge in [0.1, 0.15) is 18.1 Å². The molecule has 0 fully saturated rings. The van der Waals surface area contributed by atoms with E-state index in [4.69, 9.17) is 15.2 Å². The van der Waals surface area contributed by atoms with E-state index in [1.54, 1.807) is 7.11 Å². The van der Waals surface area contributed by atoms with E-state index in [2.05, 4.69) is 28.1 Å². The van der Waals surface area contributed by atoms with Crippen molar-refractivity contribution in [2.45, 2.75) is 25.5 Å². The third kappa shape index (κ3) is 3.06. The first-order chi connectivity index (χ1) is 10.2. The lowest BCUT2D eigenvalue weighted by molar-refractivity contribution is 0.305. The predicted octanol–water partition coefficient (Wildman–Crippen LogP) is 3.98. The molecule has 1 aliphatic carbocycles. The molecular formula is C17H18BrNO2. The Morgan fingerprint density at radius 2 is 2.10 bits per heavy atom. The van der Waals surface area contributed by atoms with Gasteiger partial charge in [-0.3, -0.25) is 0 Å². The van der Waals surface area contributed by atoms with Gasteiger partial charge in [0.15, 0.2) is 0 Å². The SMILES string of the molecule is COc1ccc(COc2ccc3c(c2)CC[C@@H]3N)cc1Br. The van der Waals surface area contributed by atoms with Gasteiger partial charge in [0.05, 0.1) is 11.6 Å². The van der Waals surface area contributed by atoms with Crippen molar-refractivity contribution in [3.8, 4) is 11.5 Å². The molecule has 1 atom stereocenters. The van der Waals surface area contributed by atoms with Gasteiger partial charge in [0.2, 0.25) is 0 Å². The summed E-state index contributed by atoms with van der Waals surface area (Å²) >= 11 is 3.49. The third-order valence-corrected chi connectivity index (χ3v) is 4.48. The number of fused-ring (bicyclic) bond motifs is 1. The number of benzene rings is 2. The van der Waals surface area contributed by atoms with Crippen molar-refractivity contribution in [2.75, 3.05) is 7.11 Å². The van der Waals surface area contributed by atoms with E-state index >= 15 is 0 Å². The lowest BCUT2D eigenvalue weighted by Crippen LogP contribution is -2.05. The first-order valence-corrected chi connectivity index (χ1v) is 7.80. The average molecular weight is 348 g/mol. The molecule has 110 valence electrons. The molecule has 1 aliphatic rings. The number of rotatable bonds is 4. The second-order valence-corrected chi connectivity index (χ2v) is 6.12. The number of hydrogen-bond donors (Lipinski definition) is 1. The molecule has 3 nitrogen and oxygen atoms in total. The van der Waals surface area contributed by atoms with Crippen molar-refractivity contribution in [1.29, 1.82) is 0 Å². The highest BCUT2D eigenvalue weighted by molar-refractivity contribution is 9.10. The summed E-state index contributed by atoms with van der Waals surface area (Å²) < 4.78 is 12.0. The Morgan fingerprint density at radius 3 is 2.86 bits per heavy atom. The second kappa shape index (κ2) is 6.08. The predicted molar refractivity (Wildman–Crippen MR) is 86.7 cm³/mol. The van der Waals surface area contributed by atoms with Crippen LogP contribution in [0.5, 0.6) is 11.5 Å². The van der Waals surface area contributed by atoms with Crippen LogP contribution in [0.15, 0.2) is 40.9 Å². The summed E-state index contributed by atoms with van der Waals surface area (Å²) in [6.45, 7) is 0.535. The number of methoxy groups -OCH3 is 1. The molecule has 0 saturated carbocycles. The highest BCUT2D eigenvalue weighted by Crippen LogP contribution is 2.32. The van der Waals surface area contributed by atoms with Crippen molar-refractivity contribution in [1.82, 2.24) is 0 Å². The Balaban J connectivity index is 1.69. The molecule has 0 aliphatic heterocycles. The van der Waals surface area contributed by atoms with Crippen molar-refractivity contribution in [3.05, 3.63) is 57.6 Å². The number of hydrogen-bond acceptors (Lipinski definition) is 3. The maximum absolute atomic E-state index is 6.05. The van der Waals surface area contributed by atoms with Gasteiger partial charge in [-0.05, 0) is 69.7 Å². The zero-order valence-electron chi connectivity index (χ0n) is 11.9. The second-order valence-electron chi connectivity index (χ2n) is 5.26. The lowest BCUT2D eigenvalue weighted by atomic mass is 10.1. The smallest absolute Gasteiger partial charge is 0.133 e. The Hall–Kier alpha value is -1.52. The maximum Gasteiger partial charge on any atom is 0.133 e. The fraction of sp³-hybridized carbons (Fsp3) is 0.294. The standard InChI is InChI=1S/C17H18BrNO2/c1-20-17-7-2-11(8-15(17)18)10-21-13-4-5-14-12(9-13)3-6-16(14)19/h2,4-5,7-9,16H,3,6,10,19H2,1H3/t16-/m0/s1. The van der Waals surface area contributed by atoms with Gasteiger partial charge in [-0.25, -0.2) is 0 Å². The molecule has 21 heavy (non-hydrogen) atoms. The zero-order chi connectivity index (χ0) is 14.8. The van der Waals surface area contributed by atoms with Gasteiger partial charge >= 0.3 is 0 Å². The Labute approximate surface area is 133 Å². The Bertz CT molecular complexity index is 657. The highest BCUT2D eigenvalue weighted by Gasteiger charge is 2.19. The summed E-state index contributed by atoms with van der Waals surface area (Å²) in [5.74, 6) is 1.72.